The van der Waals surface area contributed by atoms with Crippen molar-refractivity contribution < 1.29 is 9.18 Å². The van der Waals surface area contributed by atoms with Crippen LogP contribution in [0.2, 0.25) is 0 Å². The first-order chi connectivity index (χ1) is 8.22. The van der Waals surface area contributed by atoms with Gasteiger partial charge in [-0.2, -0.15) is 0 Å². The Morgan fingerprint density at radius 3 is 2.94 bits per heavy atom. The van der Waals surface area contributed by atoms with Crippen LogP contribution in [0.25, 0.3) is 0 Å². The van der Waals surface area contributed by atoms with Gasteiger partial charge in [0.2, 0.25) is 5.91 Å². The highest BCUT2D eigenvalue weighted by molar-refractivity contribution is 5.79. The van der Waals surface area contributed by atoms with E-state index in [0.29, 0.717) is 11.6 Å². The lowest BCUT2D eigenvalue weighted by Crippen LogP contribution is -2.36. The van der Waals surface area contributed by atoms with Crippen molar-refractivity contribution in [3.05, 3.63) is 35.6 Å². The van der Waals surface area contributed by atoms with Gasteiger partial charge in [0.15, 0.2) is 0 Å². The maximum absolute atomic E-state index is 13.4. The number of halogens is 1. The van der Waals surface area contributed by atoms with Gasteiger partial charge in [-0.3, -0.25) is 4.79 Å². The maximum atomic E-state index is 13.4. The molecule has 1 aromatic carbocycles. The van der Waals surface area contributed by atoms with Gasteiger partial charge in [-0.05, 0) is 30.9 Å². The van der Waals surface area contributed by atoms with Gasteiger partial charge in [-0.15, -0.1) is 0 Å². The third-order valence-electron chi connectivity index (χ3n) is 3.47. The number of likely N-dealkylation sites (tertiary alicyclic amines) is 1. The van der Waals surface area contributed by atoms with Gasteiger partial charge in [-0.1, -0.05) is 25.1 Å². The van der Waals surface area contributed by atoms with Gasteiger partial charge in [-0.25, -0.2) is 4.39 Å². The molecule has 3 heteroatoms. The molecule has 0 N–H and O–H groups in total. The minimum Gasteiger partial charge on any atom is -0.339 e. The second kappa shape index (κ2) is 5.30. The van der Waals surface area contributed by atoms with Crippen molar-refractivity contribution in [1.29, 1.82) is 0 Å². The number of amides is 1. The molecule has 1 saturated heterocycles. The molecular formula is C14H18FNO. The van der Waals surface area contributed by atoms with Crippen LogP contribution in [0, 0.1) is 5.82 Å². The zero-order chi connectivity index (χ0) is 12.3. The molecule has 0 aliphatic carbocycles. The molecule has 0 saturated carbocycles. The van der Waals surface area contributed by atoms with E-state index in [0.717, 1.165) is 25.8 Å². The van der Waals surface area contributed by atoms with E-state index in [1.54, 1.807) is 18.2 Å². The van der Waals surface area contributed by atoms with Crippen molar-refractivity contribution in [2.75, 3.05) is 6.54 Å². The molecule has 0 spiro atoms. The Balaban J connectivity index is 2.04. The average molecular weight is 235 g/mol. The monoisotopic (exact) mass is 235 g/mol. The predicted molar refractivity (Wildman–Crippen MR) is 65.1 cm³/mol. The topological polar surface area (TPSA) is 20.3 Å². The Hall–Kier alpha value is -1.38. The van der Waals surface area contributed by atoms with Crippen molar-refractivity contribution in [2.24, 2.45) is 0 Å². The van der Waals surface area contributed by atoms with Crippen LogP contribution in [0.5, 0.6) is 0 Å². The SMILES string of the molecule is CCC1CCCN1C(=O)Cc1ccccc1F. The van der Waals surface area contributed by atoms with Crippen molar-refractivity contribution >= 4 is 5.91 Å². The van der Waals surface area contributed by atoms with Crippen molar-refractivity contribution in [1.82, 2.24) is 4.90 Å². The average Bonchev–Trinajstić information content (AvgIpc) is 2.80. The van der Waals surface area contributed by atoms with Gasteiger partial charge in [0.1, 0.15) is 5.82 Å². The van der Waals surface area contributed by atoms with Crippen LogP contribution in [-0.2, 0) is 11.2 Å². The first kappa shape index (κ1) is 12.1. The lowest BCUT2D eigenvalue weighted by molar-refractivity contribution is -0.131. The summed E-state index contributed by atoms with van der Waals surface area (Å²) in [5.41, 5.74) is 0.499. The first-order valence-electron chi connectivity index (χ1n) is 6.25. The van der Waals surface area contributed by atoms with Crippen LogP contribution in [0.4, 0.5) is 4.39 Å². The molecule has 0 aromatic heterocycles. The summed E-state index contributed by atoms with van der Waals surface area (Å²) >= 11 is 0. The molecule has 1 amide bonds. The van der Waals surface area contributed by atoms with E-state index < -0.39 is 0 Å². The Labute approximate surface area is 101 Å². The fourth-order valence-electron chi connectivity index (χ4n) is 2.49. The second-order valence-electron chi connectivity index (χ2n) is 4.56. The number of carbonyl (C=O) groups excluding carboxylic acids is 1. The zero-order valence-corrected chi connectivity index (χ0v) is 10.2. The third kappa shape index (κ3) is 2.65. The molecule has 2 nitrogen and oxygen atoms in total. The van der Waals surface area contributed by atoms with Crippen molar-refractivity contribution in [3.63, 3.8) is 0 Å². The molecule has 0 radical (unpaired) electrons. The van der Waals surface area contributed by atoms with Gasteiger partial charge in [0.05, 0.1) is 6.42 Å². The molecule has 1 aliphatic heterocycles. The largest absolute Gasteiger partial charge is 0.339 e. The highest BCUT2D eigenvalue weighted by Crippen LogP contribution is 2.21. The summed E-state index contributed by atoms with van der Waals surface area (Å²) in [5, 5.41) is 0. The lowest BCUT2D eigenvalue weighted by Gasteiger charge is -2.23. The fraction of sp³-hybridized carbons (Fsp3) is 0.500. The highest BCUT2D eigenvalue weighted by atomic mass is 19.1. The second-order valence-corrected chi connectivity index (χ2v) is 4.56. The van der Waals surface area contributed by atoms with E-state index in [9.17, 15) is 9.18 Å². The first-order valence-corrected chi connectivity index (χ1v) is 6.25. The van der Waals surface area contributed by atoms with E-state index in [1.165, 1.54) is 6.07 Å². The summed E-state index contributed by atoms with van der Waals surface area (Å²) in [5.74, 6) is -0.229. The van der Waals surface area contributed by atoms with Crippen molar-refractivity contribution in [3.8, 4) is 0 Å². The van der Waals surface area contributed by atoms with E-state index in [1.807, 2.05) is 4.90 Å². The van der Waals surface area contributed by atoms with Crippen LogP contribution in [0.15, 0.2) is 24.3 Å². The minimum atomic E-state index is -0.284. The number of hydrogen-bond acceptors (Lipinski definition) is 1. The summed E-state index contributed by atoms with van der Waals surface area (Å²) < 4.78 is 13.4. The summed E-state index contributed by atoms with van der Waals surface area (Å²) in [6, 6.07) is 6.86. The Morgan fingerprint density at radius 2 is 2.24 bits per heavy atom. The van der Waals surface area contributed by atoms with Gasteiger partial charge < -0.3 is 4.90 Å². The van der Waals surface area contributed by atoms with E-state index in [-0.39, 0.29) is 18.1 Å². The smallest absolute Gasteiger partial charge is 0.227 e. The number of carbonyl (C=O) groups is 1. The standard InChI is InChI=1S/C14H18FNO/c1-2-12-7-5-9-16(12)14(17)10-11-6-3-4-8-13(11)15/h3-4,6,8,12H,2,5,7,9-10H2,1H3. The summed E-state index contributed by atoms with van der Waals surface area (Å²) in [6.07, 6.45) is 3.33. The Bertz CT molecular complexity index is 405. The molecule has 17 heavy (non-hydrogen) atoms. The minimum absolute atomic E-state index is 0.0550. The molecule has 92 valence electrons. The normalized spacial score (nSPS) is 19.6. The summed E-state index contributed by atoms with van der Waals surface area (Å²) in [4.78, 5) is 14.0. The van der Waals surface area contributed by atoms with Crippen LogP contribution in [-0.4, -0.2) is 23.4 Å². The van der Waals surface area contributed by atoms with Crippen LogP contribution in [0.3, 0.4) is 0 Å². The lowest BCUT2D eigenvalue weighted by atomic mass is 10.1. The number of nitrogens with zero attached hydrogens (tertiary/aromatic N) is 1. The molecule has 1 aromatic rings. The molecule has 1 unspecified atom stereocenters. The number of rotatable bonds is 3. The summed E-state index contributed by atoms with van der Waals surface area (Å²) in [6.45, 7) is 2.92. The van der Waals surface area contributed by atoms with E-state index in [2.05, 4.69) is 6.92 Å². The quantitative estimate of drug-likeness (QED) is 0.789. The predicted octanol–water partition coefficient (Wildman–Crippen LogP) is 2.77. The fourth-order valence-corrected chi connectivity index (χ4v) is 2.49. The number of benzene rings is 1. The molecular weight excluding hydrogens is 217 g/mol. The van der Waals surface area contributed by atoms with Crippen LogP contribution < -0.4 is 0 Å². The van der Waals surface area contributed by atoms with Gasteiger partial charge in [0.25, 0.3) is 0 Å². The molecule has 0 bridgehead atoms. The Morgan fingerprint density at radius 1 is 1.47 bits per heavy atom. The summed E-state index contributed by atoms with van der Waals surface area (Å²) in [7, 11) is 0. The Kier molecular flexibility index (Phi) is 3.77. The molecule has 1 heterocycles. The molecule has 1 atom stereocenters. The van der Waals surface area contributed by atoms with E-state index in [4.69, 9.17) is 0 Å². The van der Waals surface area contributed by atoms with Gasteiger partial charge >= 0.3 is 0 Å². The maximum Gasteiger partial charge on any atom is 0.227 e. The zero-order valence-electron chi connectivity index (χ0n) is 10.2. The molecule has 1 aliphatic rings. The highest BCUT2D eigenvalue weighted by Gasteiger charge is 2.27. The van der Waals surface area contributed by atoms with Crippen LogP contribution in [0.1, 0.15) is 31.7 Å². The number of hydrogen-bond donors (Lipinski definition) is 0. The molecule has 1 fully saturated rings. The van der Waals surface area contributed by atoms with E-state index >= 15 is 0 Å². The van der Waals surface area contributed by atoms with Gasteiger partial charge in [0, 0.05) is 12.6 Å². The van der Waals surface area contributed by atoms with Crippen molar-refractivity contribution in [2.45, 2.75) is 38.6 Å². The molecule has 2 rings (SSSR count). The van der Waals surface area contributed by atoms with Crippen LogP contribution >= 0.6 is 0 Å². The third-order valence-corrected chi connectivity index (χ3v) is 3.47.